The van der Waals surface area contributed by atoms with Crippen LogP contribution >= 0.6 is 0 Å². The van der Waals surface area contributed by atoms with Gasteiger partial charge >= 0.3 is 0 Å². The summed E-state index contributed by atoms with van der Waals surface area (Å²) in [6, 6.07) is 16.6. The predicted molar refractivity (Wildman–Crippen MR) is 80.9 cm³/mol. The van der Waals surface area contributed by atoms with E-state index in [1.54, 1.807) is 18.2 Å². The van der Waals surface area contributed by atoms with Crippen molar-refractivity contribution in [3.05, 3.63) is 65.7 Å². The van der Waals surface area contributed by atoms with Crippen LogP contribution in [0.1, 0.15) is 24.5 Å². The Morgan fingerprint density at radius 3 is 2.35 bits per heavy atom. The van der Waals surface area contributed by atoms with Crippen LogP contribution in [0.25, 0.3) is 0 Å². The highest BCUT2D eigenvalue weighted by Gasteiger charge is 2.13. The van der Waals surface area contributed by atoms with Gasteiger partial charge < -0.3 is 0 Å². The van der Waals surface area contributed by atoms with Crippen molar-refractivity contribution in [1.82, 2.24) is 4.72 Å². The van der Waals surface area contributed by atoms with E-state index >= 15 is 0 Å². The van der Waals surface area contributed by atoms with Crippen molar-refractivity contribution in [2.45, 2.75) is 31.2 Å². The molecule has 0 radical (unpaired) electrons. The number of sulfonamides is 1. The number of benzene rings is 2. The molecule has 20 heavy (non-hydrogen) atoms. The van der Waals surface area contributed by atoms with Gasteiger partial charge in [0.2, 0.25) is 10.0 Å². The Balaban J connectivity index is 2.12. The summed E-state index contributed by atoms with van der Waals surface area (Å²) in [4.78, 5) is 0.333. The van der Waals surface area contributed by atoms with Gasteiger partial charge in [-0.1, -0.05) is 55.8 Å². The molecule has 3 nitrogen and oxygen atoms in total. The highest BCUT2D eigenvalue weighted by atomic mass is 32.2. The Kier molecular flexibility index (Phi) is 4.93. The fourth-order valence-corrected chi connectivity index (χ4v) is 3.10. The van der Waals surface area contributed by atoms with Crippen LogP contribution in [0.3, 0.4) is 0 Å². The molecule has 0 aliphatic rings. The molecule has 0 saturated heterocycles. The summed E-state index contributed by atoms with van der Waals surface area (Å²) in [5.74, 6) is 0. The molecule has 0 saturated carbocycles. The highest BCUT2D eigenvalue weighted by Crippen LogP contribution is 2.13. The van der Waals surface area contributed by atoms with Crippen molar-refractivity contribution in [1.29, 1.82) is 0 Å². The molecule has 0 unspecified atom stereocenters. The first kappa shape index (κ1) is 14.8. The lowest BCUT2D eigenvalue weighted by Crippen LogP contribution is -2.23. The molecule has 0 spiro atoms. The van der Waals surface area contributed by atoms with E-state index in [1.165, 1.54) is 0 Å². The normalized spacial score (nSPS) is 11.4. The quantitative estimate of drug-likeness (QED) is 0.888. The second-order valence-corrected chi connectivity index (χ2v) is 6.47. The Morgan fingerprint density at radius 1 is 0.950 bits per heavy atom. The van der Waals surface area contributed by atoms with E-state index in [4.69, 9.17) is 0 Å². The predicted octanol–water partition coefficient (Wildman–Crippen LogP) is 3.12. The van der Waals surface area contributed by atoms with Crippen LogP contribution in [-0.2, 0) is 23.0 Å². The minimum atomic E-state index is -3.45. The van der Waals surface area contributed by atoms with E-state index in [2.05, 4.69) is 11.6 Å². The zero-order chi connectivity index (χ0) is 14.4. The summed E-state index contributed by atoms with van der Waals surface area (Å²) >= 11 is 0. The maximum absolute atomic E-state index is 12.3. The largest absolute Gasteiger partial charge is 0.240 e. The van der Waals surface area contributed by atoms with Gasteiger partial charge in [0.25, 0.3) is 0 Å². The second-order valence-electron chi connectivity index (χ2n) is 4.71. The van der Waals surface area contributed by atoms with Gasteiger partial charge in [-0.2, -0.15) is 0 Å². The average Bonchev–Trinajstić information content (AvgIpc) is 2.47. The van der Waals surface area contributed by atoms with E-state index in [0.717, 1.165) is 24.0 Å². The summed E-state index contributed by atoms with van der Waals surface area (Å²) in [5, 5.41) is 0. The number of hydrogen-bond donors (Lipinski definition) is 1. The van der Waals surface area contributed by atoms with Gasteiger partial charge in [0, 0.05) is 6.54 Å². The zero-order valence-corrected chi connectivity index (χ0v) is 12.4. The molecule has 0 aromatic heterocycles. The average molecular weight is 289 g/mol. The first-order chi connectivity index (χ1) is 9.62. The van der Waals surface area contributed by atoms with Crippen LogP contribution in [-0.4, -0.2) is 8.42 Å². The Morgan fingerprint density at radius 2 is 1.65 bits per heavy atom. The third kappa shape index (κ3) is 3.92. The second kappa shape index (κ2) is 6.68. The molecule has 2 rings (SSSR count). The van der Waals surface area contributed by atoms with Crippen LogP contribution in [0.5, 0.6) is 0 Å². The monoisotopic (exact) mass is 289 g/mol. The molecule has 0 atom stereocenters. The number of aryl methyl sites for hydroxylation is 1. The summed E-state index contributed by atoms with van der Waals surface area (Å²) in [6.45, 7) is 2.38. The van der Waals surface area contributed by atoms with Crippen LogP contribution in [0.15, 0.2) is 59.5 Å². The van der Waals surface area contributed by atoms with Gasteiger partial charge in [0.15, 0.2) is 0 Å². The lowest BCUT2D eigenvalue weighted by Gasteiger charge is -2.08. The maximum Gasteiger partial charge on any atom is 0.240 e. The number of hydrogen-bond acceptors (Lipinski definition) is 2. The van der Waals surface area contributed by atoms with Crippen molar-refractivity contribution < 1.29 is 8.42 Å². The standard InChI is InChI=1S/C16H19NO2S/c1-2-7-14-10-6-11-16(12-14)20(18,19)17-13-15-8-4-3-5-9-15/h3-6,8-12,17H,2,7,13H2,1H3. The number of rotatable bonds is 6. The molecule has 2 aromatic rings. The third-order valence-electron chi connectivity index (χ3n) is 3.06. The van der Waals surface area contributed by atoms with Crippen LogP contribution in [0, 0.1) is 0 Å². The minimum Gasteiger partial charge on any atom is -0.207 e. The van der Waals surface area contributed by atoms with Gasteiger partial charge in [0.05, 0.1) is 4.90 Å². The van der Waals surface area contributed by atoms with Gasteiger partial charge in [-0.05, 0) is 29.7 Å². The SMILES string of the molecule is CCCc1cccc(S(=O)(=O)NCc2ccccc2)c1. The molecule has 0 amide bonds. The van der Waals surface area contributed by atoms with Gasteiger partial charge in [0.1, 0.15) is 0 Å². The van der Waals surface area contributed by atoms with Crippen LogP contribution in [0.4, 0.5) is 0 Å². The maximum atomic E-state index is 12.3. The molecule has 0 fully saturated rings. The summed E-state index contributed by atoms with van der Waals surface area (Å²) in [6.07, 6.45) is 1.89. The molecule has 0 aliphatic carbocycles. The van der Waals surface area contributed by atoms with Crippen LogP contribution in [0.2, 0.25) is 0 Å². The third-order valence-corrected chi connectivity index (χ3v) is 4.46. The Hall–Kier alpha value is -1.65. The minimum absolute atomic E-state index is 0.307. The van der Waals surface area contributed by atoms with E-state index in [9.17, 15) is 8.42 Å². The summed E-state index contributed by atoms with van der Waals surface area (Å²) < 4.78 is 27.1. The van der Waals surface area contributed by atoms with E-state index in [1.807, 2.05) is 36.4 Å². The Bertz CT molecular complexity index is 651. The highest BCUT2D eigenvalue weighted by molar-refractivity contribution is 7.89. The summed E-state index contributed by atoms with van der Waals surface area (Å²) in [5.41, 5.74) is 2.00. The van der Waals surface area contributed by atoms with E-state index in [-0.39, 0.29) is 0 Å². The van der Waals surface area contributed by atoms with Crippen molar-refractivity contribution in [3.8, 4) is 0 Å². The van der Waals surface area contributed by atoms with Crippen LogP contribution < -0.4 is 4.72 Å². The van der Waals surface area contributed by atoms with Crippen molar-refractivity contribution in [2.75, 3.05) is 0 Å². The zero-order valence-electron chi connectivity index (χ0n) is 11.5. The van der Waals surface area contributed by atoms with Crippen molar-refractivity contribution in [3.63, 3.8) is 0 Å². The lowest BCUT2D eigenvalue weighted by molar-refractivity contribution is 0.581. The topological polar surface area (TPSA) is 46.2 Å². The molecular weight excluding hydrogens is 270 g/mol. The molecule has 0 bridgehead atoms. The molecule has 0 aliphatic heterocycles. The first-order valence-corrected chi connectivity index (χ1v) is 8.22. The summed E-state index contributed by atoms with van der Waals surface area (Å²) in [7, 11) is -3.45. The Labute approximate surface area is 120 Å². The van der Waals surface area contributed by atoms with Gasteiger partial charge in [-0.15, -0.1) is 0 Å². The molecule has 2 aromatic carbocycles. The van der Waals surface area contributed by atoms with E-state index < -0.39 is 10.0 Å². The smallest absolute Gasteiger partial charge is 0.207 e. The molecule has 4 heteroatoms. The fraction of sp³-hybridized carbons (Fsp3) is 0.250. The fourth-order valence-electron chi connectivity index (χ4n) is 2.01. The molecule has 0 heterocycles. The van der Waals surface area contributed by atoms with Crippen molar-refractivity contribution in [2.24, 2.45) is 0 Å². The van der Waals surface area contributed by atoms with Gasteiger partial charge in [-0.3, -0.25) is 0 Å². The van der Waals surface area contributed by atoms with E-state index in [0.29, 0.717) is 11.4 Å². The van der Waals surface area contributed by atoms with Crippen molar-refractivity contribution >= 4 is 10.0 Å². The number of nitrogens with one attached hydrogen (secondary N) is 1. The van der Waals surface area contributed by atoms with Gasteiger partial charge in [-0.25, -0.2) is 13.1 Å². The molecule has 106 valence electrons. The molecular formula is C16H19NO2S. The lowest BCUT2D eigenvalue weighted by atomic mass is 10.1. The first-order valence-electron chi connectivity index (χ1n) is 6.74. The molecule has 1 N–H and O–H groups in total.